The van der Waals surface area contributed by atoms with Crippen LogP contribution in [0, 0.1) is 0 Å². The number of unbranched alkanes of at least 4 members (excludes halogenated alkanes) is 20. The molecule has 0 aromatic heterocycles. The van der Waals surface area contributed by atoms with E-state index in [2.05, 4.69) is 13.8 Å². The number of hydrogen-bond donors (Lipinski definition) is 0. The van der Waals surface area contributed by atoms with E-state index in [0.717, 1.165) is 25.7 Å². The zero-order chi connectivity index (χ0) is 23.8. The predicted molar refractivity (Wildman–Crippen MR) is 144 cm³/mol. The van der Waals surface area contributed by atoms with Gasteiger partial charge in [-0.1, -0.05) is 142 Å². The van der Waals surface area contributed by atoms with Crippen LogP contribution in [-0.2, 0) is 14.3 Å². The van der Waals surface area contributed by atoms with E-state index in [9.17, 15) is 12.8 Å². The third kappa shape index (κ3) is 25.7. The molecule has 0 saturated heterocycles. The minimum absolute atomic E-state index is 0. The molecule has 0 bridgehead atoms. The molecule has 0 N–H and O–H groups in total. The molecule has 0 aromatic carbocycles. The summed E-state index contributed by atoms with van der Waals surface area (Å²) < 4.78 is 42.8. The summed E-state index contributed by atoms with van der Waals surface area (Å²) in [6, 6.07) is 0. The topological polar surface area (TPSA) is 43.4 Å². The second-order valence-corrected chi connectivity index (χ2v) is 11.3. The molecule has 6 heteroatoms. The van der Waals surface area contributed by atoms with Crippen molar-refractivity contribution in [1.82, 2.24) is 0 Å². The summed E-state index contributed by atoms with van der Waals surface area (Å²) in [5.41, 5.74) is -1.87. The Morgan fingerprint density at radius 3 is 1.21 bits per heavy atom. The number of halogens is 1. The van der Waals surface area contributed by atoms with Crippen molar-refractivity contribution in [3.8, 4) is 0 Å². The van der Waals surface area contributed by atoms with Gasteiger partial charge in [0, 0.05) is 0 Å². The maximum atomic E-state index is 14.0. The van der Waals surface area contributed by atoms with Crippen LogP contribution in [-0.4, -0.2) is 50.1 Å². The average Bonchev–Trinajstić information content (AvgIpc) is 2.78. The van der Waals surface area contributed by atoms with Crippen molar-refractivity contribution in [3.05, 3.63) is 0 Å². The molecule has 1 atom stereocenters. The van der Waals surface area contributed by atoms with Crippen LogP contribution in [0.4, 0.5) is 4.39 Å². The Bertz CT molecular complexity index is 474. The van der Waals surface area contributed by atoms with E-state index in [1.54, 1.807) is 0 Å². The van der Waals surface area contributed by atoms with Gasteiger partial charge in [-0.3, -0.25) is 4.18 Å². The number of hydrogen-bond acceptors (Lipinski definition) is 3. The number of alkyl halides is 1. The summed E-state index contributed by atoms with van der Waals surface area (Å²) >= 11 is 0. The van der Waals surface area contributed by atoms with E-state index in [1.165, 1.54) is 103 Å². The van der Waals surface area contributed by atoms with Gasteiger partial charge in [-0.15, -0.1) is 0 Å². The normalized spacial score (nSPS) is 12.6. The Balaban J connectivity index is 0. The predicted octanol–water partition coefficient (Wildman–Crippen LogP) is 8.99. The van der Waals surface area contributed by atoms with Crippen LogP contribution >= 0.6 is 0 Å². The first-order valence-corrected chi connectivity index (χ1v) is 15.5. The van der Waals surface area contributed by atoms with E-state index in [-0.39, 0.29) is 42.6 Å². The summed E-state index contributed by atoms with van der Waals surface area (Å²) in [5.74, 6) is 0. The minimum atomic E-state index is -4.05. The molecule has 0 fully saturated rings. The second kappa shape index (κ2) is 27.4. The van der Waals surface area contributed by atoms with Crippen LogP contribution in [0.3, 0.4) is 0 Å². The molecule has 0 rings (SSSR count). The van der Waals surface area contributed by atoms with E-state index in [1.807, 2.05) is 0 Å². The fourth-order valence-corrected chi connectivity index (χ4v) is 5.08. The first-order chi connectivity index (χ1) is 15.5. The Morgan fingerprint density at radius 2 is 0.848 bits per heavy atom. The molecule has 0 aromatic rings. The summed E-state index contributed by atoms with van der Waals surface area (Å²) in [5, 5.41) is 0. The van der Waals surface area contributed by atoms with Crippen LogP contribution in [0.5, 0.6) is 0 Å². The zero-order valence-electron chi connectivity index (χ0n) is 21.6. The Morgan fingerprint density at radius 1 is 0.545 bits per heavy atom. The molecule has 0 radical (unpaired) electrons. The van der Waals surface area contributed by atoms with Crippen LogP contribution in [0.15, 0.2) is 0 Å². The van der Waals surface area contributed by atoms with Crippen molar-refractivity contribution >= 4 is 39.7 Å². The third-order valence-electron chi connectivity index (χ3n) is 6.34. The van der Waals surface area contributed by atoms with Gasteiger partial charge < -0.3 is 0 Å². The molecular formula is C27H56FNaO3S. The van der Waals surface area contributed by atoms with Gasteiger partial charge in [0.15, 0.2) is 0 Å². The summed E-state index contributed by atoms with van der Waals surface area (Å²) in [7, 11) is -4.05. The van der Waals surface area contributed by atoms with Gasteiger partial charge in [0.25, 0.3) is 10.1 Å². The molecule has 0 heterocycles. The summed E-state index contributed by atoms with van der Waals surface area (Å²) in [6.45, 7) is 4.58. The Kier molecular flexibility index (Phi) is 29.9. The van der Waals surface area contributed by atoms with Crippen molar-refractivity contribution in [2.24, 2.45) is 0 Å². The van der Waals surface area contributed by atoms with Crippen molar-refractivity contribution in [2.45, 2.75) is 167 Å². The van der Waals surface area contributed by atoms with Gasteiger partial charge >= 0.3 is 29.6 Å². The van der Waals surface area contributed by atoms with Crippen molar-refractivity contribution in [3.63, 3.8) is 0 Å². The van der Waals surface area contributed by atoms with Crippen LogP contribution in [0.1, 0.15) is 162 Å². The first kappa shape index (κ1) is 36.0. The standard InChI is InChI=1S/C27H55FO3S.Na.H/c1-3-5-7-9-11-13-14-15-16-17-18-20-22-24-26-31-32(29,30)27(28)25-23-21-19-12-10-8-6-4-2;;/h27H,3-26H2,1-2H3;;. The second-order valence-electron chi connectivity index (χ2n) is 9.58. The fourth-order valence-electron chi connectivity index (χ4n) is 4.13. The van der Waals surface area contributed by atoms with Crippen LogP contribution < -0.4 is 0 Å². The number of rotatable bonds is 26. The van der Waals surface area contributed by atoms with E-state index < -0.39 is 15.6 Å². The molecule has 0 amide bonds. The molecule has 1 unspecified atom stereocenters. The SMILES string of the molecule is CCCCCCCCCCCCCCCCOS(=O)(=O)C(F)CCCCCCCCCC.[NaH]. The Hall–Kier alpha value is 0.840. The van der Waals surface area contributed by atoms with Gasteiger partial charge in [-0.25, -0.2) is 4.39 Å². The van der Waals surface area contributed by atoms with Crippen molar-refractivity contribution in [1.29, 1.82) is 0 Å². The van der Waals surface area contributed by atoms with Gasteiger partial charge in [0.1, 0.15) is 0 Å². The van der Waals surface area contributed by atoms with Crippen molar-refractivity contribution in [2.75, 3.05) is 6.61 Å². The molecule has 196 valence electrons. The van der Waals surface area contributed by atoms with Gasteiger partial charge in [-0.05, 0) is 19.3 Å². The zero-order valence-corrected chi connectivity index (χ0v) is 22.4. The van der Waals surface area contributed by atoms with Gasteiger partial charge in [0.05, 0.1) is 6.61 Å². The van der Waals surface area contributed by atoms with Crippen LogP contribution in [0.25, 0.3) is 0 Å². The monoisotopic (exact) mass is 502 g/mol. The van der Waals surface area contributed by atoms with E-state index in [4.69, 9.17) is 4.18 Å². The maximum absolute atomic E-state index is 14.0. The Labute approximate surface area is 229 Å². The first-order valence-electron chi connectivity index (χ1n) is 14.1. The molecule has 0 aliphatic rings. The summed E-state index contributed by atoms with van der Waals surface area (Å²) in [4.78, 5) is 0. The third-order valence-corrected chi connectivity index (χ3v) is 7.70. The molecule has 33 heavy (non-hydrogen) atoms. The van der Waals surface area contributed by atoms with E-state index >= 15 is 0 Å². The van der Waals surface area contributed by atoms with Crippen LogP contribution in [0.2, 0.25) is 0 Å². The van der Waals surface area contributed by atoms with Gasteiger partial charge in [-0.2, -0.15) is 8.42 Å². The average molecular weight is 503 g/mol. The van der Waals surface area contributed by atoms with E-state index in [0.29, 0.717) is 12.8 Å². The molecule has 0 spiro atoms. The van der Waals surface area contributed by atoms with Gasteiger partial charge in [0.2, 0.25) is 5.50 Å². The molecule has 3 nitrogen and oxygen atoms in total. The van der Waals surface area contributed by atoms with Crippen molar-refractivity contribution < 1.29 is 17.0 Å². The fraction of sp³-hybridized carbons (Fsp3) is 1.00. The molecule has 0 saturated carbocycles. The molecular weight excluding hydrogens is 446 g/mol. The molecule has 0 aliphatic carbocycles. The quantitative estimate of drug-likeness (QED) is 0.0673. The molecule has 0 aliphatic heterocycles. The summed E-state index contributed by atoms with van der Waals surface area (Å²) in [6.07, 6.45) is 26.3.